The van der Waals surface area contributed by atoms with Crippen molar-refractivity contribution in [3.8, 4) is 5.75 Å². The number of fused-ring (bicyclic) bond motifs is 2. The number of methoxy groups -OCH3 is 1. The van der Waals surface area contributed by atoms with Crippen molar-refractivity contribution < 1.29 is 14.3 Å². The van der Waals surface area contributed by atoms with Gasteiger partial charge in [-0.25, -0.2) is 0 Å². The summed E-state index contributed by atoms with van der Waals surface area (Å²) in [5.74, 6) is 1.76. The molecule has 1 aromatic carbocycles. The second kappa shape index (κ2) is 7.24. The number of ether oxygens (including phenoxy) is 1. The zero-order valence-electron chi connectivity index (χ0n) is 14.4. The Morgan fingerprint density at radius 3 is 2.50 bits per heavy atom. The van der Waals surface area contributed by atoms with Crippen molar-refractivity contribution in [1.82, 2.24) is 10.6 Å². The summed E-state index contributed by atoms with van der Waals surface area (Å²) in [5, 5.41) is 5.56. The number of carbonyl (C=O) groups is 2. The Labute approximate surface area is 143 Å². The number of carbonyl (C=O) groups excluding carboxylic acids is 2. The standard InChI is InChI=1S/C19H26N2O3/c1-12(17-10-14-3-6-15(17)9-14)21-19(23)18(22)20-11-13-4-7-16(24-2)8-5-13/h4-5,7-8,12,14-15,17H,3,6,9-11H2,1-2H3,(H,20,22)(H,21,23). The van der Waals surface area contributed by atoms with E-state index >= 15 is 0 Å². The second-order valence-electron chi connectivity index (χ2n) is 7.13. The van der Waals surface area contributed by atoms with Crippen molar-refractivity contribution in [1.29, 1.82) is 0 Å². The monoisotopic (exact) mass is 330 g/mol. The first kappa shape index (κ1) is 16.8. The molecular formula is C19H26N2O3. The molecule has 1 aromatic rings. The van der Waals surface area contributed by atoms with Gasteiger partial charge in [0.1, 0.15) is 5.75 Å². The molecule has 2 aliphatic carbocycles. The van der Waals surface area contributed by atoms with Gasteiger partial charge in [-0.2, -0.15) is 0 Å². The van der Waals surface area contributed by atoms with Crippen molar-refractivity contribution in [2.45, 2.75) is 45.2 Å². The first-order valence-electron chi connectivity index (χ1n) is 8.78. The van der Waals surface area contributed by atoms with E-state index in [9.17, 15) is 9.59 Å². The normalized spacial score (nSPS) is 26.0. The summed E-state index contributed by atoms with van der Waals surface area (Å²) in [5.41, 5.74) is 0.929. The molecule has 5 nitrogen and oxygen atoms in total. The minimum atomic E-state index is -0.569. The van der Waals surface area contributed by atoms with Crippen LogP contribution in [0.15, 0.2) is 24.3 Å². The number of rotatable bonds is 5. The molecule has 2 saturated carbocycles. The zero-order valence-corrected chi connectivity index (χ0v) is 14.4. The van der Waals surface area contributed by atoms with Gasteiger partial charge >= 0.3 is 11.8 Å². The molecule has 130 valence electrons. The average molecular weight is 330 g/mol. The van der Waals surface area contributed by atoms with E-state index in [0.29, 0.717) is 12.5 Å². The lowest BCUT2D eigenvalue weighted by Crippen LogP contribution is -2.46. The number of amides is 2. The number of benzene rings is 1. The van der Waals surface area contributed by atoms with E-state index in [1.807, 2.05) is 31.2 Å². The topological polar surface area (TPSA) is 67.4 Å². The summed E-state index contributed by atoms with van der Waals surface area (Å²) in [6.07, 6.45) is 5.11. The van der Waals surface area contributed by atoms with Crippen molar-refractivity contribution in [3.63, 3.8) is 0 Å². The van der Waals surface area contributed by atoms with Crippen LogP contribution in [-0.4, -0.2) is 25.0 Å². The number of nitrogens with one attached hydrogen (secondary N) is 2. The highest BCUT2D eigenvalue weighted by Crippen LogP contribution is 2.49. The Morgan fingerprint density at radius 1 is 1.17 bits per heavy atom. The summed E-state index contributed by atoms with van der Waals surface area (Å²) < 4.78 is 5.09. The molecule has 2 amide bonds. The number of hydrogen-bond donors (Lipinski definition) is 2. The van der Waals surface area contributed by atoms with E-state index in [1.54, 1.807) is 7.11 Å². The summed E-state index contributed by atoms with van der Waals surface area (Å²) in [4.78, 5) is 24.1. The molecule has 0 heterocycles. The first-order chi connectivity index (χ1) is 11.6. The van der Waals surface area contributed by atoms with Gasteiger partial charge in [-0.1, -0.05) is 18.6 Å². The van der Waals surface area contributed by atoms with E-state index in [-0.39, 0.29) is 6.04 Å². The fraction of sp³-hybridized carbons (Fsp3) is 0.579. The van der Waals surface area contributed by atoms with E-state index in [2.05, 4.69) is 10.6 Å². The molecule has 4 atom stereocenters. The lowest BCUT2D eigenvalue weighted by molar-refractivity contribution is -0.140. The summed E-state index contributed by atoms with van der Waals surface area (Å²) in [6, 6.07) is 7.47. The SMILES string of the molecule is COc1ccc(CNC(=O)C(=O)NC(C)C2CC3CCC2C3)cc1. The molecule has 0 aromatic heterocycles. The van der Waals surface area contributed by atoms with Gasteiger partial charge in [0.2, 0.25) is 0 Å². The third kappa shape index (κ3) is 3.71. The van der Waals surface area contributed by atoms with E-state index in [0.717, 1.165) is 23.1 Å². The molecule has 2 N–H and O–H groups in total. The fourth-order valence-corrected chi connectivity index (χ4v) is 4.29. The van der Waals surface area contributed by atoms with Crippen molar-refractivity contribution in [2.75, 3.05) is 7.11 Å². The molecule has 24 heavy (non-hydrogen) atoms. The van der Waals surface area contributed by atoms with Gasteiger partial charge in [-0.15, -0.1) is 0 Å². The molecule has 3 rings (SSSR count). The van der Waals surface area contributed by atoms with Crippen LogP contribution in [-0.2, 0) is 16.1 Å². The summed E-state index contributed by atoms with van der Waals surface area (Å²) >= 11 is 0. The van der Waals surface area contributed by atoms with Crippen LogP contribution >= 0.6 is 0 Å². The predicted octanol–water partition coefficient (Wildman–Crippen LogP) is 2.25. The highest BCUT2D eigenvalue weighted by Gasteiger charge is 2.42. The highest BCUT2D eigenvalue weighted by atomic mass is 16.5. The molecule has 2 fully saturated rings. The van der Waals surface area contributed by atoms with Crippen LogP contribution in [0.2, 0.25) is 0 Å². The zero-order chi connectivity index (χ0) is 17.1. The lowest BCUT2D eigenvalue weighted by atomic mass is 9.84. The smallest absolute Gasteiger partial charge is 0.309 e. The van der Waals surface area contributed by atoms with E-state index in [4.69, 9.17) is 4.74 Å². The van der Waals surface area contributed by atoms with Crippen LogP contribution in [0.1, 0.15) is 38.2 Å². The van der Waals surface area contributed by atoms with Crippen LogP contribution in [0, 0.1) is 17.8 Å². The Hall–Kier alpha value is -2.04. The van der Waals surface area contributed by atoms with Crippen LogP contribution in [0.25, 0.3) is 0 Å². The van der Waals surface area contributed by atoms with Gasteiger partial charge in [-0.3, -0.25) is 9.59 Å². The maximum absolute atomic E-state index is 12.1. The number of hydrogen-bond acceptors (Lipinski definition) is 3. The van der Waals surface area contributed by atoms with Crippen molar-refractivity contribution in [2.24, 2.45) is 17.8 Å². The lowest BCUT2D eigenvalue weighted by Gasteiger charge is -2.28. The van der Waals surface area contributed by atoms with Crippen molar-refractivity contribution >= 4 is 11.8 Å². The van der Waals surface area contributed by atoms with Gasteiger partial charge in [-0.05, 0) is 61.6 Å². The molecular weight excluding hydrogens is 304 g/mol. The fourth-order valence-electron chi connectivity index (χ4n) is 4.29. The van der Waals surface area contributed by atoms with Crippen LogP contribution in [0.4, 0.5) is 0 Å². The van der Waals surface area contributed by atoms with Gasteiger partial charge < -0.3 is 15.4 Å². The minimum Gasteiger partial charge on any atom is -0.497 e. The largest absolute Gasteiger partial charge is 0.497 e. The minimum absolute atomic E-state index is 0.0690. The molecule has 0 spiro atoms. The highest BCUT2D eigenvalue weighted by molar-refractivity contribution is 6.35. The Bertz CT molecular complexity index is 599. The van der Waals surface area contributed by atoms with Crippen LogP contribution < -0.4 is 15.4 Å². The quantitative estimate of drug-likeness (QED) is 0.814. The summed E-state index contributed by atoms with van der Waals surface area (Å²) in [6.45, 7) is 2.36. The van der Waals surface area contributed by atoms with Crippen LogP contribution in [0.3, 0.4) is 0 Å². The summed E-state index contributed by atoms with van der Waals surface area (Å²) in [7, 11) is 1.61. The van der Waals surface area contributed by atoms with Gasteiger partial charge in [0.05, 0.1) is 7.11 Å². The average Bonchev–Trinajstić information content (AvgIpc) is 3.23. The Morgan fingerprint density at radius 2 is 1.92 bits per heavy atom. The molecule has 4 unspecified atom stereocenters. The first-order valence-corrected chi connectivity index (χ1v) is 8.78. The second-order valence-corrected chi connectivity index (χ2v) is 7.13. The van der Waals surface area contributed by atoms with E-state index < -0.39 is 11.8 Å². The van der Waals surface area contributed by atoms with E-state index in [1.165, 1.54) is 25.7 Å². The molecule has 5 heteroatoms. The van der Waals surface area contributed by atoms with Gasteiger partial charge in [0.15, 0.2) is 0 Å². The third-order valence-electron chi connectivity index (χ3n) is 5.61. The molecule has 0 aliphatic heterocycles. The van der Waals surface area contributed by atoms with Crippen LogP contribution in [0.5, 0.6) is 5.75 Å². The Kier molecular flexibility index (Phi) is 5.07. The third-order valence-corrected chi connectivity index (χ3v) is 5.61. The molecule has 2 bridgehead atoms. The molecule has 0 radical (unpaired) electrons. The van der Waals surface area contributed by atoms with Crippen molar-refractivity contribution in [3.05, 3.63) is 29.8 Å². The maximum atomic E-state index is 12.1. The predicted molar refractivity (Wildman–Crippen MR) is 91.4 cm³/mol. The maximum Gasteiger partial charge on any atom is 0.309 e. The Balaban J connectivity index is 1.45. The van der Waals surface area contributed by atoms with Gasteiger partial charge in [0.25, 0.3) is 0 Å². The van der Waals surface area contributed by atoms with Gasteiger partial charge in [0, 0.05) is 12.6 Å². The molecule has 2 aliphatic rings. The molecule has 0 saturated heterocycles.